The van der Waals surface area contributed by atoms with E-state index in [2.05, 4.69) is 0 Å². The molecule has 4 rings (SSSR count). The molecule has 0 fully saturated rings. The van der Waals surface area contributed by atoms with Crippen molar-refractivity contribution in [2.75, 3.05) is 0 Å². The SMILES string of the molecule is CC(C)C(C(=O)NO)N1Cc2cc(-c3ccc(C(=O)c4ccccc4)cc3)sc2S1(=O)=O. The van der Waals surface area contributed by atoms with E-state index in [-0.39, 0.29) is 22.5 Å². The highest BCUT2D eigenvalue weighted by atomic mass is 32.2. The van der Waals surface area contributed by atoms with Crippen LogP contribution in [0.15, 0.2) is 64.9 Å². The van der Waals surface area contributed by atoms with Crippen LogP contribution in [-0.2, 0) is 21.4 Å². The highest BCUT2D eigenvalue weighted by Crippen LogP contribution is 2.42. The maximum Gasteiger partial charge on any atom is 0.262 e. The van der Waals surface area contributed by atoms with E-state index in [9.17, 15) is 18.0 Å². The number of hydrogen-bond donors (Lipinski definition) is 2. The van der Waals surface area contributed by atoms with Crippen molar-refractivity contribution in [3.05, 3.63) is 77.4 Å². The van der Waals surface area contributed by atoms with Crippen LogP contribution < -0.4 is 5.48 Å². The van der Waals surface area contributed by atoms with Crippen molar-refractivity contribution in [3.8, 4) is 10.4 Å². The molecular formula is C23H22N2O5S2. The number of amides is 1. The van der Waals surface area contributed by atoms with Crippen LogP contribution in [0.1, 0.15) is 35.3 Å². The molecule has 9 heteroatoms. The van der Waals surface area contributed by atoms with Gasteiger partial charge in [-0.2, -0.15) is 4.31 Å². The smallest absolute Gasteiger partial charge is 0.262 e. The predicted molar refractivity (Wildman–Crippen MR) is 121 cm³/mol. The molecule has 1 amide bonds. The number of hydrogen-bond acceptors (Lipinski definition) is 6. The molecule has 2 aromatic carbocycles. The Morgan fingerprint density at radius 1 is 1.03 bits per heavy atom. The van der Waals surface area contributed by atoms with Crippen molar-refractivity contribution in [1.29, 1.82) is 0 Å². The molecule has 7 nitrogen and oxygen atoms in total. The Labute approximate surface area is 190 Å². The van der Waals surface area contributed by atoms with Crippen LogP contribution in [0.25, 0.3) is 10.4 Å². The minimum atomic E-state index is -3.86. The predicted octanol–water partition coefficient (Wildman–Crippen LogP) is 3.68. The highest BCUT2D eigenvalue weighted by molar-refractivity contribution is 7.91. The standard InChI is InChI=1S/C23H22N2O5S2/c1-14(2)20(22(27)24-28)25-13-18-12-19(31-23(18)32(25,29)30)15-8-10-17(11-9-15)21(26)16-6-4-3-5-7-16/h3-12,14,20,28H,13H2,1-2H3,(H,24,27). The number of fused-ring (bicyclic) bond motifs is 1. The highest BCUT2D eigenvalue weighted by Gasteiger charge is 2.44. The van der Waals surface area contributed by atoms with E-state index in [0.717, 1.165) is 26.1 Å². The Bertz CT molecular complexity index is 1270. The molecule has 1 unspecified atom stereocenters. The fourth-order valence-electron chi connectivity index (χ4n) is 3.86. The minimum absolute atomic E-state index is 0.0645. The molecule has 0 saturated carbocycles. The number of benzene rings is 2. The van der Waals surface area contributed by atoms with E-state index >= 15 is 0 Å². The second-order valence-corrected chi connectivity index (χ2v) is 11.0. The van der Waals surface area contributed by atoms with Crippen molar-refractivity contribution in [1.82, 2.24) is 9.79 Å². The Kier molecular flexibility index (Phi) is 6.00. The summed E-state index contributed by atoms with van der Waals surface area (Å²) in [4.78, 5) is 25.5. The third-order valence-electron chi connectivity index (χ3n) is 5.43. The number of sulfonamides is 1. The van der Waals surface area contributed by atoms with E-state index in [4.69, 9.17) is 5.21 Å². The number of hydroxylamine groups is 1. The van der Waals surface area contributed by atoms with Crippen LogP contribution in [0.2, 0.25) is 0 Å². The molecule has 1 aliphatic rings. The first kappa shape index (κ1) is 22.3. The molecule has 1 aromatic heterocycles. The van der Waals surface area contributed by atoms with Gasteiger partial charge in [-0.05, 0) is 23.1 Å². The summed E-state index contributed by atoms with van der Waals surface area (Å²) >= 11 is 1.14. The first-order valence-corrected chi connectivity index (χ1v) is 12.3. The summed E-state index contributed by atoms with van der Waals surface area (Å²) in [5.74, 6) is -1.15. The van der Waals surface area contributed by atoms with E-state index in [1.54, 1.807) is 61.8 Å². The summed E-state index contributed by atoms with van der Waals surface area (Å²) < 4.78 is 27.6. The Balaban J connectivity index is 1.60. The first-order chi connectivity index (χ1) is 15.2. The lowest BCUT2D eigenvalue weighted by Gasteiger charge is -2.27. The van der Waals surface area contributed by atoms with Crippen LogP contribution in [-0.4, -0.2) is 35.7 Å². The van der Waals surface area contributed by atoms with Gasteiger partial charge in [-0.25, -0.2) is 13.9 Å². The normalized spacial score (nSPS) is 16.0. The van der Waals surface area contributed by atoms with Crippen LogP contribution in [0.3, 0.4) is 0 Å². The summed E-state index contributed by atoms with van der Waals surface area (Å²) in [5, 5.41) is 9.04. The summed E-state index contributed by atoms with van der Waals surface area (Å²) in [6.07, 6.45) is 0. The molecule has 3 aromatic rings. The van der Waals surface area contributed by atoms with Gasteiger partial charge in [0.1, 0.15) is 10.3 Å². The zero-order valence-electron chi connectivity index (χ0n) is 17.5. The molecule has 1 atom stereocenters. The van der Waals surface area contributed by atoms with Crippen LogP contribution in [0.5, 0.6) is 0 Å². The fraction of sp³-hybridized carbons (Fsp3) is 0.217. The lowest BCUT2D eigenvalue weighted by atomic mass is 10.0. The Morgan fingerprint density at radius 3 is 2.22 bits per heavy atom. The molecule has 0 aliphatic carbocycles. The van der Waals surface area contributed by atoms with E-state index in [1.807, 2.05) is 18.2 Å². The van der Waals surface area contributed by atoms with Gasteiger partial charge in [0.05, 0.1) is 0 Å². The number of rotatable bonds is 6. The van der Waals surface area contributed by atoms with Crippen LogP contribution in [0, 0.1) is 5.92 Å². The van der Waals surface area contributed by atoms with Crippen molar-refractivity contribution in [2.24, 2.45) is 5.92 Å². The van der Waals surface area contributed by atoms with Gasteiger partial charge in [-0.1, -0.05) is 68.4 Å². The molecule has 0 spiro atoms. The zero-order chi connectivity index (χ0) is 23.0. The van der Waals surface area contributed by atoms with Crippen molar-refractivity contribution in [3.63, 3.8) is 0 Å². The summed E-state index contributed by atoms with van der Waals surface area (Å²) in [5.41, 5.74) is 4.16. The number of carbonyl (C=O) groups is 2. The van der Waals surface area contributed by atoms with Crippen molar-refractivity contribution >= 4 is 33.1 Å². The molecule has 166 valence electrons. The Morgan fingerprint density at radius 2 is 1.66 bits per heavy atom. The second kappa shape index (κ2) is 8.59. The number of carbonyl (C=O) groups excluding carboxylic acids is 2. The van der Waals surface area contributed by atoms with Crippen molar-refractivity contribution in [2.45, 2.75) is 30.6 Å². The lowest BCUT2D eigenvalue weighted by Crippen LogP contribution is -2.49. The van der Waals surface area contributed by atoms with E-state index in [0.29, 0.717) is 16.7 Å². The summed E-state index contributed by atoms with van der Waals surface area (Å²) in [6, 6.07) is 16.9. The molecule has 2 heterocycles. The molecular weight excluding hydrogens is 448 g/mol. The molecule has 0 bridgehead atoms. The Hall–Kier alpha value is -2.85. The third-order valence-corrected chi connectivity index (χ3v) is 9.03. The van der Waals surface area contributed by atoms with Gasteiger partial charge in [0.25, 0.3) is 15.9 Å². The van der Waals surface area contributed by atoms with Gasteiger partial charge in [-0.15, -0.1) is 11.3 Å². The monoisotopic (exact) mass is 470 g/mol. The molecule has 0 radical (unpaired) electrons. The number of ketones is 1. The van der Waals surface area contributed by atoms with E-state index in [1.165, 1.54) is 0 Å². The third kappa shape index (κ3) is 3.88. The van der Waals surface area contributed by atoms with Gasteiger partial charge in [0.2, 0.25) is 0 Å². The van der Waals surface area contributed by atoms with Gasteiger partial charge < -0.3 is 0 Å². The average Bonchev–Trinajstić information content (AvgIpc) is 3.32. The van der Waals surface area contributed by atoms with E-state index < -0.39 is 22.0 Å². The molecule has 0 saturated heterocycles. The summed E-state index contributed by atoms with van der Waals surface area (Å²) in [7, 11) is -3.86. The quantitative estimate of drug-likeness (QED) is 0.325. The number of nitrogens with zero attached hydrogens (tertiary/aromatic N) is 1. The maximum atomic E-state index is 13.1. The first-order valence-electron chi connectivity index (χ1n) is 10.0. The molecule has 2 N–H and O–H groups in total. The van der Waals surface area contributed by atoms with Gasteiger partial charge in [0.15, 0.2) is 5.78 Å². The lowest BCUT2D eigenvalue weighted by molar-refractivity contribution is -0.134. The number of thiophene rings is 1. The van der Waals surface area contributed by atoms with Crippen molar-refractivity contribution < 1.29 is 23.2 Å². The fourth-order valence-corrected chi connectivity index (χ4v) is 7.37. The summed E-state index contributed by atoms with van der Waals surface area (Å²) in [6.45, 7) is 3.52. The van der Waals surface area contributed by atoms with Gasteiger partial charge in [-0.3, -0.25) is 14.8 Å². The van der Waals surface area contributed by atoms with Crippen LogP contribution >= 0.6 is 11.3 Å². The van der Waals surface area contributed by atoms with Gasteiger partial charge >= 0.3 is 0 Å². The van der Waals surface area contributed by atoms with Gasteiger partial charge in [0, 0.05) is 22.5 Å². The van der Waals surface area contributed by atoms with Crippen LogP contribution in [0.4, 0.5) is 0 Å². The number of nitrogens with one attached hydrogen (secondary N) is 1. The maximum absolute atomic E-state index is 13.1. The zero-order valence-corrected chi connectivity index (χ0v) is 19.1. The average molecular weight is 471 g/mol. The topological polar surface area (TPSA) is 104 Å². The minimum Gasteiger partial charge on any atom is -0.289 e. The molecule has 1 aliphatic heterocycles. The molecule has 32 heavy (non-hydrogen) atoms. The second-order valence-electron chi connectivity index (χ2n) is 7.91. The largest absolute Gasteiger partial charge is 0.289 e.